The van der Waals surface area contributed by atoms with Crippen molar-refractivity contribution >= 4 is 11.6 Å². The lowest BCUT2D eigenvalue weighted by molar-refractivity contribution is -0.115. The van der Waals surface area contributed by atoms with Crippen LogP contribution < -0.4 is 10.6 Å². The first kappa shape index (κ1) is 12.6. The number of pyridine rings is 1. The number of anilines is 1. The maximum atomic E-state index is 11.6. The van der Waals surface area contributed by atoms with Crippen LogP contribution >= 0.6 is 0 Å². The summed E-state index contributed by atoms with van der Waals surface area (Å²) in [5.41, 5.74) is 1.80. The van der Waals surface area contributed by atoms with Gasteiger partial charge in [0.25, 0.3) is 0 Å². The van der Waals surface area contributed by atoms with E-state index in [0.717, 1.165) is 17.8 Å². The number of nitrogens with zero attached hydrogens (tertiary/aromatic N) is 1. The quantitative estimate of drug-likeness (QED) is 0.793. The third kappa shape index (κ3) is 4.40. The average molecular weight is 221 g/mol. The van der Waals surface area contributed by atoms with Gasteiger partial charge in [-0.1, -0.05) is 13.8 Å². The van der Waals surface area contributed by atoms with Crippen LogP contribution in [0.15, 0.2) is 18.5 Å². The third-order valence-corrected chi connectivity index (χ3v) is 2.13. The van der Waals surface area contributed by atoms with Gasteiger partial charge in [0, 0.05) is 18.1 Å². The molecule has 0 atom stereocenters. The number of aryl methyl sites for hydroxylation is 1. The summed E-state index contributed by atoms with van der Waals surface area (Å²) in [5.74, 6) is 0.533. The minimum atomic E-state index is -0.0186. The molecule has 0 unspecified atom stereocenters. The van der Waals surface area contributed by atoms with Crippen molar-refractivity contribution in [1.82, 2.24) is 10.3 Å². The summed E-state index contributed by atoms with van der Waals surface area (Å²) in [6.45, 7) is 7.34. The van der Waals surface area contributed by atoms with E-state index in [1.165, 1.54) is 0 Å². The predicted molar refractivity (Wildman–Crippen MR) is 65.3 cm³/mol. The van der Waals surface area contributed by atoms with Crippen LogP contribution in [0.4, 0.5) is 5.69 Å². The van der Waals surface area contributed by atoms with Crippen molar-refractivity contribution in [2.45, 2.75) is 20.8 Å². The van der Waals surface area contributed by atoms with Gasteiger partial charge < -0.3 is 10.6 Å². The van der Waals surface area contributed by atoms with Crippen LogP contribution in [0, 0.1) is 12.8 Å². The van der Waals surface area contributed by atoms with Crippen LogP contribution in [0.2, 0.25) is 0 Å². The summed E-state index contributed by atoms with van der Waals surface area (Å²) < 4.78 is 0. The van der Waals surface area contributed by atoms with Crippen molar-refractivity contribution in [2.24, 2.45) is 5.92 Å². The molecule has 1 amide bonds. The molecule has 0 aliphatic carbocycles. The lowest BCUT2D eigenvalue weighted by Crippen LogP contribution is -2.30. The molecule has 1 aromatic heterocycles. The second-order valence-corrected chi connectivity index (χ2v) is 4.26. The maximum absolute atomic E-state index is 11.6. The molecular formula is C12H19N3O. The Morgan fingerprint density at radius 3 is 2.88 bits per heavy atom. The standard InChI is InChI=1S/C12H19N3O/c1-9(2)6-14-8-12(16)15-11-4-5-13-7-10(11)3/h4-5,7,9,14H,6,8H2,1-3H3,(H,13,15,16). The number of aromatic nitrogens is 1. The third-order valence-electron chi connectivity index (χ3n) is 2.13. The van der Waals surface area contributed by atoms with Crippen LogP contribution in [0.3, 0.4) is 0 Å². The van der Waals surface area contributed by atoms with Crippen molar-refractivity contribution in [3.63, 3.8) is 0 Å². The maximum Gasteiger partial charge on any atom is 0.238 e. The molecule has 0 aliphatic heterocycles. The minimum Gasteiger partial charge on any atom is -0.325 e. The first-order chi connectivity index (χ1) is 7.59. The SMILES string of the molecule is Cc1cnccc1NC(=O)CNCC(C)C. The summed E-state index contributed by atoms with van der Waals surface area (Å²) in [6, 6.07) is 1.80. The van der Waals surface area contributed by atoms with Crippen molar-refractivity contribution < 1.29 is 4.79 Å². The van der Waals surface area contributed by atoms with E-state index in [-0.39, 0.29) is 5.91 Å². The molecular weight excluding hydrogens is 202 g/mol. The smallest absolute Gasteiger partial charge is 0.238 e. The van der Waals surface area contributed by atoms with E-state index in [4.69, 9.17) is 0 Å². The Hall–Kier alpha value is -1.42. The van der Waals surface area contributed by atoms with E-state index >= 15 is 0 Å². The van der Waals surface area contributed by atoms with Crippen LogP contribution in [0.25, 0.3) is 0 Å². The summed E-state index contributed by atoms with van der Waals surface area (Å²) in [5, 5.41) is 5.94. The first-order valence-electron chi connectivity index (χ1n) is 5.50. The second kappa shape index (κ2) is 6.23. The van der Waals surface area contributed by atoms with Gasteiger partial charge in [-0.15, -0.1) is 0 Å². The molecule has 0 radical (unpaired) electrons. The zero-order chi connectivity index (χ0) is 12.0. The highest BCUT2D eigenvalue weighted by atomic mass is 16.1. The summed E-state index contributed by atoms with van der Waals surface area (Å²) in [4.78, 5) is 15.5. The number of rotatable bonds is 5. The van der Waals surface area contributed by atoms with E-state index in [0.29, 0.717) is 12.5 Å². The molecule has 88 valence electrons. The molecule has 0 bridgehead atoms. The minimum absolute atomic E-state index is 0.0186. The Kier molecular flexibility index (Phi) is 4.92. The average Bonchev–Trinajstić information content (AvgIpc) is 2.21. The van der Waals surface area contributed by atoms with Crippen LogP contribution in [-0.4, -0.2) is 24.0 Å². The highest BCUT2D eigenvalue weighted by Gasteiger charge is 2.04. The summed E-state index contributed by atoms with van der Waals surface area (Å²) in [6.07, 6.45) is 3.40. The molecule has 0 fully saturated rings. The van der Waals surface area contributed by atoms with Gasteiger partial charge in [0.2, 0.25) is 5.91 Å². The van der Waals surface area contributed by atoms with Crippen molar-refractivity contribution in [1.29, 1.82) is 0 Å². The lowest BCUT2D eigenvalue weighted by Gasteiger charge is -2.09. The van der Waals surface area contributed by atoms with Gasteiger partial charge in [-0.3, -0.25) is 9.78 Å². The molecule has 0 aliphatic rings. The Morgan fingerprint density at radius 2 is 2.25 bits per heavy atom. The van der Waals surface area contributed by atoms with Crippen LogP contribution in [0.1, 0.15) is 19.4 Å². The van der Waals surface area contributed by atoms with Crippen LogP contribution in [0.5, 0.6) is 0 Å². The molecule has 4 nitrogen and oxygen atoms in total. The number of carbonyl (C=O) groups excluding carboxylic acids is 1. The lowest BCUT2D eigenvalue weighted by atomic mass is 10.2. The normalized spacial score (nSPS) is 10.5. The molecule has 0 aromatic carbocycles. The zero-order valence-corrected chi connectivity index (χ0v) is 10.1. The Bertz CT molecular complexity index is 350. The van der Waals surface area contributed by atoms with Gasteiger partial charge in [0.15, 0.2) is 0 Å². The van der Waals surface area contributed by atoms with Crippen molar-refractivity contribution in [3.05, 3.63) is 24.0 Å². The fourth-order valence-electron chi connectivity index (χ4n) is 1.28. The molecule has 1 rings (SSSR count). The van der Waals surface area contributed by atoms with Gasteiger partial charge in [-0.25, -0.2) is 0 Å². The van der Waals surface area contributed by atoms with E-state index < -0.39 is 0 Å². The number of hydrogen-bond acceptors (Lipinski definition) is 3. The molecule has 0 spiro atoms. The Balaban J connectivity index is 2.37. The fourth-order valence-corrected chi connectivity index (χ4v) is 1.28. The Labute approximate surface area is 96.5 Å². The fraction of sp³-hybridized carbons (Fsp3) is 0.500. The van der Waals surface area contributed by atoms with Gasteiger partial charge in [0.1, 0.15) is 0 Å². The largest absolute Gasteiger partial charge is 0.325 e. The molecule has 0 saturated carbocycles. The van der Waals surface area contributed by atoms with Gasteiger partial charge in [0.05, 0.1) is 6.54 Å². The molecule has 1 heterocycles. The number of hydrogen-bond donors (Lipinski definition) is 2. The van der Waals surface area contributed by atoms with Crippen molar-refractivity contribution in [2.75, 3.05) is 18.4 Å². The van der Waals surface area contributed by atoms with Crippen molar-refractivity contribution in [3.8, 4) is 0 Å². The molecule has 1 aromatic rings. The monoisotopic (exact) mass is 221 g/mol. The number of nitrogens with one attached hydrogen (secondary N) is 2. The number of carbonyl (C=O) groups is 1. The highest BCUT2D eigenvalue weighted by Crippen LogP contribution is 2.10. The van der Waals surface area contributed by atoms with E-state index in [1.807, 2.05) is 6.92 Å². The number of amides is 1. The van der Waals surface area contributed by atoms with E-state index in [9.17, 15) is 4.79 Å². The summed E-state index contributed by atoms with van der Waals surface area (Å²) in [7, 11) is 0. The second-order valence-electron chi connectivity index (χ2n) is 4.26. The van der Waals surface area contributed by atoms with Crippen LogP contribution in [-0.2, 0) is 4.79 Å². The van der Waals surface area contributed by atoms with Gasteiger partial charge >= 0.3 is 0 Å². The molecule has 0 saturated heterocycles. The molecule has 2 N–H and O–H groups in total. The highest BCUT2D eigenvalue weighted by molar-refractivity contribution is 5.92. The summed E-state index contributed by atoms with van der Waals surface area (Å²) >= 11 is 0. The van der Waals surface area contributed by atoms with E-state index in [2.05, 4.69) is 29.5 Å². The van der Waals surface area contributed by atoms with Gasteiger partial charge in [-0.05, 0) is 31.0 Å². The first-order valence-corrected chi connectivity index (χ1v) is 5.50. The topological polar surface area (TPSA) is 54.0 Å². The molecule has 16 heavy (non-hydrogen) atoms. The van der Waals surface area contributed by atoms with E-state index in [1.54, 1.807) is 18.5 Å². The zero-order valence-electron chi connectivity index (χ0n) is 10.1. The Morgan fingerprint density at radius 1 is 1.50 bits per heavy atom. The molecule has 4 heteroatoms. The predicted octanol–water partition coefficient (Wildman–Crippen LogP) is 1.57. The van der Waals surface area contributed by atoms with Gasteiger partial charge in [-0.2, -0.15) is 0 Å².